The molecular weight excluding hydrogens is 360 g/mol. The van der Waals surface area contributed by atoms with Gasteiger partial charge in [-0.2, -0.15) is 5.10 Å². The molecule has 2 atom stereocenters. The number of aryl methyl sites for hydroxylation is 2. The Bertz CT molecular complexity index is 1060. The van der Waals surface area contributed by atoms with E-state index in [4.69, 9.17) is 4.98 Å². The number of likely N-dealkylation sites (tertiary alicyclic amines) is 1. The van der Waals surface area contributed by atoms with E-state index in [9.17, 15) is 4.79 Å². The van der Waals surface area contributed by atoms with Crippen LogP contribution in [0.4, 0.5) is 0 Å². The number of carbonyl (C=O) groups is 1. The van der Waals surface area contributed by atoms with E-state index in [0.29, 0.717) is 5.92 Å². The summed E-state index contributed by atoms with van der Waals surface area (Å²) in [4.78, 5) is 20.6. The molecule has 0 bridgehead atoms. The van der Waals surface area contributed by atoms with E-state index in [0.717, 1.165) is 59.0 Å². The Balaban J connectivity index is 1.57. The van der Waals surface area contributed by atoms with Gasteiger partial charge in [0.25, 0.3) is 5.91 Å². The Morgan fingerprint density at radius 1 is 1.07 bits per heavy atom. The lowest BCUT2D eigenvalue weighted by Crippen LogP contribution is -2.44. The van der Waals surface area contributed by atoms with E-state index >= 15 is 0 Å². The third-order valence-electron chi connectivity index (χ3n) is 6.85. The molecule has 0 radical (unpaired) electrons. The van der Waals surface area contributed by atoms with Crippen LogP contribution >= 0.6 is 0 Å². The number of amides is 1. The Morgan fingerprint density at radius 2 is 1.83 bits per heavy atom. The molecule has 2 fully saturated rings. The normalized spacial score (nSPS) is 21.9. The fraction of sp³-hybridized carbons (Fsp3) is 0.458. The monoisotopic (exact) mass is 388 g/mol. The zero-order chi connectivity index (χ0) is 20.0. The summed E-state index contributed by atoms with van der Waals surface area (Å²) in [6, 6.07) is 12.1. The summed E-state index contributed by atoms with van der Waals surface area (Å²) >= 11 is 0. The smallest absolute Gasteiger partial charge is 0.254 e. The van der Waals surface area contributed by atoms with E-state index < -0.39 is 0 Å². The van der Waals surface area contributed by atoms with Crippen molar-refractivity contribution >= 4 is 16.9 Å². The van der Waals surface area contributed by atoms with Crippen LogP contribution in [0, 0.1) is 18.8 Å². The minimum Gasteiger partial charge on any atom is -0.338 e. The van der Waals surface area contributed by atoms with Crippen LogP contribution in [-0.4, -0.2) is 38.7 Å². The predicted molar refractivity (Wildman–Crippen MR) is 115 cm³/mol. The van der Waals surface area contributed by atoms with Gasteiger partial charge < -0.3 is 4.90 Å². The largest absolute Gasteiger partial charge is 0.338 e. The number of benzene rings is 1. The fourth-order valence-electron chi connectivity index (χ4n) is 5.33. The lowest BCUT2D eigenvalue weighted by molar-refractivity contribution is 0.0522. The van der Waals surface area contributed by atoms with Crippen LogP contribution in [0.1, 0.15) is 48.2 Å². The molecule has 0 spiro atoms. The summed E-state index contributed by atoms with van der Waals surface area (Å²) in [6.07, 6.45) is 6.41. The highest BCUT2D eigenvalue weighted by Gasteiger charge is 2.34. The topological polar surface area (TPSA) is 51.0 Å². The highest BCUT2D eigenvalue weighted by atomic mass is 16.2. The highest BCUT2D eigenvalue weighted by molar-refractivity contribution is 6.07. The van der Waals surface area contributed by atoms with E-state index in [2.05, 4.69) is 10.00 Å². The van der Waals surface area contributed by atoms with E-state index in [1.54, 1.807) is 4.68 Å². The summed E-state index contributed by atoms with van der Waals surface area (Å²) in [5.41, 5.74) is 4.24. The first-order chi connectivity index (χ1) is 14.1. The third-order valence-corrected chi connectivity index (χ3v) is 6.85. The average Bonchev–Trinajstić information content (AvgIpc) is 3.06. The molecule has 29 heavy (non-hydrogen) atoms. The number of nitrogens with zero attached hydrogens (tertiary/aromatic N) is 4. The van der Waals surface area contributed by atoms with E-state index in [1.165, 1.54) is 25.7 Å². The SMILES string of the molecule is Cc1nn(C)c2nc(-c3ccccc3)cc(C(=O)N3CCC4CCCCC4C3)c12. The average molecular weight is 389 g/mol. The second-order valence-electron chi connectivity index (χ2n) is 8.67. The number of hydrogen-bond donors (Lipinski definition) is 0. The first kappa shape index (κ1) is 18.3. The van der Waals surface area contributed by atoms with Gasteiger partial charge in [-0.3, -0.25) is 9.48 Å². The zero-order valence-corrected chi connectivity index (χ0v) is 17.3. The summed E-state index contributed by atoms with van der Waals surface area (Å²) in [5, 5.41) is 5.45. The minimum atomic E-state index is 0.134. The van der Waals surface area contributed by atoms with Crippen LogP contribution in [0.15, 0.2) is 36.4 Å². The maximum absolute atomic E-state index is 13.7. The molecular formula is C24H28N4O. The number of aromatic nitrogens is 3. The van der Waals surface area contributed by atoms with Crippen LogP contribution in [0.25, 0.3) is 22.3 Å². The molecule has 0 N–H and O–H groups in total. The summed E-state index contributed by atoms with van der Waals surface area (Å²) in [6.45, 7) is 3.73. The van der Waals surface area contributed by atoms with Gasteiger partial charge in [-0.25, -0.2) is 4.98 Å². The Kier molecular flexibility index (Phi) is 4.61. The Labute approximate surface area is 171 Å². The predicted octanol–water partition coefficient (Wildman–Crippen LogP) is 4.60. The molecule has 1 saturated carbocycles. The van der Waals surface area contributed by atoms with Crippen LogP contribution in [0.3, 0.4) is 0 Å². The molecule has 5 nitrogen and oxygen atoms in total. The van der Waals surface area contributed by atoms with Gasteiger partial charge in [0.1, 0.15) is 0 Å². The molecule has 2 aromatic heterocycles. The number of fused-ring (bicyclic) bond motifs is 2. The molecule has 3 heterocycles. The molecule has 2 aliphatic rings. The van der Waals surface area contributed by atoms with Crippen molar-refractivity contribution in [2.75, 3.05) is 13.1 Å². The molecule has 2 unspecified atom stereocenters. The highest BCUT2D eigenvalue weighted by Crippen LogP contribution is 2.37. The number of rotatable bonds is 2. The standard InChI is InChI=1S/C24H28N4O/c1-16-22-20(24(29)28-13-12-17-8-6-7-11-19(17)15-28)14-21(18-9-4-3-5-10-18)25-23(22)27(2)26-16/h3-5,9-10,14,17,19H,6-8,11-13,15H2,1-2H3. The van der Waals surface area contributed by atoms with Gasteiger partial charge in [0.2, 0.25) is 0 Å². The lowest BCUT2D eigenvalue weighted by atomic mass is 9.75. The van der Waals surface area contributed by atoms with E-state index in [1.807, 2.05) is 50.4 Å². The summed E-state index contributed by atoms with van der Waals surface area (Å²) in [5.74, 6) is 1.61. The number of pyridine rings is 1. The van der Waals surface area contributed by atoms with E-state index in [-0.39, 0.29) is 5.91 Å². The molecule has 5 rings (SSSR count). The molecule has 1 aliphatic carbocycles. The van der Waals surface area contributed by atoms with Crippen LogP contribution in [-0.2, 0) is 7.05 Å². The number of piperidine rings is 1. The van der Waals surface area contributed by atoms with Crippen LogP contribution in [0.5, 0.6) is 0 Å². The van der Waals surface area contributed by atoms with Crippen molar-refractivity contribution in [3.05, 3.63) is 47.7 Å². The molecule has 1 aliphatic heterocycles. The second kappa shape index (κ2) is 7.29. The maximum atomic E-state index is 13.7. The molecule has 5 heteroatoms. The van der Waals surface area contributed by atoms with Gasteiger partial charge in [-0.1, -0.05) is 49.6 Å². The third kappa shape index (κ3) is 3.22. The van der Waals surface area contributed by atoms with Crippen LogP contribution < -0.4 is 0 Å². The van der Waals surface area contributed by atoms with Gasteiger partial charge in [-0.05, 0) is 37.7 Å². The van der Waals surface area contributed by atoms with Crippen molar-refractivity contribution in [3.8, 4) is 11.3 Å². The van der Waals surface area contributed by atoms with Gasteiger partial charge in [0.15, 0.2) is 5.65 Å². The number of hydrogen-bond acceptors (Lipinski definition) is 3. The summed E-state index contributed by atoms with van der Waals surface area (Å²) in [7, 11) is 1.90. The van der Waals surface area contributed by atoms with Gasteiger partial charge in [0, 0.05) is 25.7 Å². The molecule has 1 amide bonds. The Hall–Kier alpha value is -2.69. The quantitative estimate of drug-likeness (QED) is 0.645. The first-order valence-electron chi connectivity index (χ1n) is 10.8. The van der Waals surface area contributed by atoms with Gasteiger partial charge in [0.05, 0.1) is 22.3 Å². The van der Waals surface area contributed by atoms with Gasteiger partial charge >= 0.3 is 0 Å². The van der Waals surface area contributed by atoms with Crippen molar-refractivity contribution in [3.63, 3.8) is 0 Å². The molecule has 1 saturated heterocycles. The van der Waals surface area contributed by atoms with Crippen molar-refractivity contribution in [1.82, 2.24) is 19.7 Å². The van der Waals surface area contributed by atoms with Crippen molar-refractivity contribution in [2.45, 2.75) is 39.0 Å². The lowest BCUT2D eigenvalue weighted by Gasteiger charge is -2.41. The fourth-order valence-corrected chi connectivity index (χ4v) is 5.33. The Morgan fingerprint density at radius 3 is 2.62 bits per heavy atom. The van der Waals surface area contributed by atoms with Gasteiger partial charge in [-0.15, -0.1) is 0 Å². The van der Waals surface area contributed by atoms with Crippen molar-refractivity contribution in [2.24, 2.45) is 18.9 Å². The van der Waals surface area contributed by atoms with Crippen molar-refractivity contribution < 1.29 is 4.79 Å². The van der Waals surface area contributed by atoms with Crippen molar-refractivity contribution in [1.29, 1.82) is 0 Å². The van der Waals surface area contributed by atoms with Crippen LogP contribution in [0.2, 0.25) is 0 Å². The zero-order valence-electron chi connectivity index (χ0n) is 17.3. The first-order valence-corrected chi connectivity index (χ1v) is 10.8. The maximum Gasteiger partial charge on any atom is 0.254 e. The number of carbonyl (C=O) groups excluding carboxylic acids is 1. The molecule has 3 aromatic rings. The minimum absolute atomic E-state index is 0.134. The summed E-state index contributed by atoms with van der Waals surface area (Å²) < 4.78 is 1.79. The molecule has 1 aromatic carbocycles. The second-order valence-corrected chi connectivity index (χ2v) is 8.67. The molecule has 150 valence electrons.